The minimum Gasteiger partial charge on any atom is -0.508 e. The first-order chi connectivity index (χ1) is 17.7. The summed E-state index contributed by atoms with van der Waals surface area (Å²) >= 11 is 0. The molecule has 4 rings (SSSR count). The molecule has 4 aromatic carbocycles. The molecule has 0 unspecified atom stereocenters. The fourth-order valence-electron chi connectivity index (χ4n) is 4.79. The molecule has 4 N–H and O–H groups in total. The first-order valence-corrected chi connectivity index (χ1v) is 12.9. The summed E-state index contributed by atoms with van der Waals surface area (Å²) in [5.74, 6) is 1.39. The summed E-state index contributed by atoms with van der Waals surface area (Å²) < 4.78 is 0. The third-order valence-corrected chi connectivity index (χ3v) is 7.35. The maximum atomic E-state index is 9.79. The average Bonchev–Trinajstić information content (AvgIpc) is 2.84. The molecular weight excluding hydrogens is 472 g/mol. The Bertz CT molecular complexity index is 1310. The molecule has 0 bridgehead atoms. The summed E-state index contributed by atoms with van der Waals surface area (Å²) in [6.07, 6.45) is 0.809. The van der Waals surface area contributed by atoms with Gasteiger partial charge in [-0.05, 0) is 116 Å². The fraction of sp³-hybridized carbons (Fsp3) is 0.294. The van der Waals surface area contributed by atoms with E-state index in [0.717, 1.165) is 50.9 Å². The maximum Gasteiger partial charge on any atom is 0.121 e. The molecule has 38 heavy (non-hydrogen) atoms. The van der Waals surface area contributed by atoms with Crippen LogP contribution in [0.4, 0.5) is 0 Å². The third-order valence-electron chi connectivity index (χ3n) is 7.35. The number of benzene rings is 4. The van der Waals surface area contributed by atoms with Gasteiger partial charge >= 0.3 is 0 Å². The van der Waals surface area contributed by atoms with E-state index in [4.69, 9.17) is 0 Å². The molecule has 0 aliphatic rings. The van der Waals surface area contributed by atoms with Crippen LogP contribution in [0.3, 0.4) is 0 Å². The van der Waals surface area contributed by atoms with E-state index < -0.39 is 0 Å². The Kier molecular flexibility index (Phi) is 8.46. The predicted molar refractivity (Wildman–Crippen MR) is 156 cm³/mol. The smallest absolute Gasteiger partial charge is 0.121 e. The van der Waals surface area contributed by atoms with E-state index in [1.54, 1.807) is 12.1 Å². The zero-order valence-corrected chi connectivity index (χ0v) is 23.8. The predicted octanol–water partition coefficient (Wildman–Crippen LogP) is 7.96. The minimum absolute atomic E-state index is 0.170. The molecule has 0 radical (unpaired) electrons. The van der Waals surface area contributed by atoms with Gasteiger partial charge in [0.15, 0.2) is 0 Å². The second-order valence-electron chi connectivity index (χ2n) is 11.0. The first kappa shape index (κ1) is 28.6. The molecule has 4 aromatic rings. The van der Waals surface area contributed by atoms with Crippen molar-refractivity contribution in [2.24, 2.45) is 0 Å². The molecular formula is C34H40O4. The zero-order valence-electron chi connectivity index (χ0n) is 23.8. The molecule has 0 atom stereocenters. The van der Waals surface area contributed by atoms with Crippen molar-refractivity contribution in [3.63, 3.8) is 0 Å². The van der Waals surface area contributed by atoms with E-state index in [1.165, 1.54) is 11.1 Å². The number of phenolic OH excluding ortho intramolecular Hbond substituents is 4. The molecule has 0 amide bonds. The van der Waals surface area contributed by atoms with Crippen LogP contribution in [0.25, 0.3) is 0 Å². The van der Waals surface area contributed by atoms with Gasteiger partial charge in [0.25, 0.3) is 0 Å². The van der Waals surface area contributed by atoms with Gasteiger partial charge in [-0.15, -0.1) is 0 Å². The van der Waals surface area contributed by atoms with Crippen LogP contribution in [0.2, 0.25) is 0 Å². The highest BCUT2D eigenvalue weighted by Crippen LogP contribution is 2.35. The van der Waals surface area contributed by atoms with Crippen LogP contribution in [-0.2, 0) is 11.8 Å². The van der Waals surface area contributed by atoms with Gasteiger partial charge in [-0.3, -0.25) is 0 Å². The van der Waals surface area contributed by atoms with Crippen molar-refractivity contribution in [3.8, 4) is 23.0 Å². The Labute approximate surface area is 226 Å². The highest BCUT2D eigenvalue weighted by atomic mass is 16.3. The molecule has 4 heteroatoms. The van der Waals surface area contributed by atoms with E-state index >= 15 is 0 Å². The summed E-state index contributed by atoms with van der Waals surface area (Å²) in [5.41, 5.74) is 9.85. The number of rotatable bonds is 4. The minimum atomic E-state index is -0.170. The van der Waals surface area contributed by atoms with E-state index in [9.17, 15) is 20.4 Å². The monoisotopic (exact) mass is 512 g/mol. The van der Waals surface area contributed by atoms with E-state index in [1.807, 2.05) is 90.1 Å². The van der Waals surface area contributed by atoms with Gasteiger partial charge in [0.1, 0.15) is 23.0 Å². The Hall–Kier alpha value is -3.92. The molecule has 0 aromatic heterocycles. The normalized spacial score (nSPS) is 11.2. The molecule has 0 saturated carbocycles. The van der Waals surface area contributed by atoms with Crippen LogP contribution in [0.1, 0.15) is 69.5 Å². The van der Waals surface area contributed by atoms with Crippen LogP contribution in [-0.4, -0.2) is 20.4 Å². The van der Waals surface area contributed by atoms with Crippen LogP contribution in [0.15, 0.2) is 60.7 Å². The van der Waals surface area contributed by atoms with Crippen molar-refractivity contribution in [1.29, 1.82) is 0 Å². The van der Waals surface area contributed by atoms with Crippen molar-refractivity contribution in [3.05, 3.63) is 116 Å². The standard InChI is InChI=1S/2C17H20O2/c1-10-5-14(6-11(2)16(10)18)9-15-7-12(3)17(19)13(4)8-15;1-11-9-13(5-7-15(11)18)17(3,4)14-6-8-16(19)12(2)10-14/h5-8,18-19H,9H2,1-4H3;5-10,18-19H,1-4H3. The van der Waals surface area contributed by atoms with Gasteiger partial charge < -0.3 is 20.4 Å². The lowest BCUT2D eigenvalue weighted by molar-refractivity contribution is 0.466. The number of phenols is 4. The highest BCUT2D eigenvalue weighted by Gasteiger charge is 2.24. The molecule has 4 nitrogen and oxygen atoms in total. The Balaban J connectivity index is 0.000000211. The molecule has 0 spiro atoms. The number of aromatic hydroxyl groups is 4. The van der Waals surface area contributed by atoms with Crippen LogP contribution >= 0.6 is 0 Å². The van der Waals surface area contributed by atoms with Crippen molar-refractivity contribution < 1.29 is 20.4 Å². The van der Waals surface area contributed by atoms with Crippen molar-refractivity contribution in [2.45, 2.75) is 67.2 Å². The largest absolute Gasteiger partial charge is 0.508 e. The zero-order chi connectivity index (χ0) is 28.4. The number of hydrogen-bond donors (Lipinski definition) is 4. The van der Waals surface area contributed by atoms with Gasteiger partial charge in [-0.25, -0.2) is 0 Å². The van der Waals surface area contributed by atoms with E-state index in [0.29, 0.717) is 23.0 Å². The van der Waals surface area contributed by atoms with Gasteiger partial charge in [0, 0.05) is 5.41 Å². The van der Waals surface area contributed by atoms with Gasteiger partial charge in [0.2, 0.25) is 0 Å². The van der Waals surface area contributed by atoms with Gasteiger partial charge in [0.05, 0.1) is 0 Å². The molecule has 0 fully saturated rings. The summed E-state index contributed by atoms with van der Waals surface area (Å²) in [7, 11) is 0. The van der Waals surface area contributed by atoms with Crippen LogP contribution < -0.4 is 0 Å². The Morgan fingerprint density at radius 2 is 0.789 bits per heavy atom. The highest BCUT2D eigenvalue weighted by molar-refractivity contribution is 5.48. The first-order valence-electron chi connectivity index (χ1n) is 12.9. The summed E-state index contributed by atoms with van der Waals surface area (Å²) in [6, 6.07) is 19.4. The molecule has 0 aliphatic heterocycles. The lowest BCUT2D eigenvalue weighted by Crippen LogP contribution is -2.19. The summed E-state index contributed by atoms with van der Waals surface area (Å²) in [6.45, 7) is 15.7. The summed E-state index contributed by atoms with van der Waals surface area (Å²) in [4.78, 5) is 0. The SMILES string of the molecule is Cc1cc(C(C)(C)c2ccc(O)c(C)c2)ccc1O.Cc1cc(Cc2cc(C)c(O)c(C)c2)cc(C)c1O. The Morgan fingerprint density at radius 1 is 0.474 bits per heavy atom. The molecule has 0 aliphatic carbocycles. The van der Waals surface area contributed by atoms with Gasteiger partial charge in [-0.1, -0.05) is 62.4 Å². The maximum absolute atomic E-state index is 9.79. The second-order valence-corrected chi connectivity index (χ2v) is 11.0. The number of hydrogen-bond acceptors (Lipinski definition) is 4. The molecule has 0 saturated heterocycles. The molecule has 0 heterocycles. The van der Waals surface area contributed by atoms with E-state index in [2.05, 4.69) is 13.8 Å². The van der Waals surface area contributed by atoms with Crippen molar-refractivity contribution >= 4 is 0 Å². The van der Waals surface area contributed by atoms with Crippen molar-refractivity contribution in [2.75, 3.05) is 0 Å². The third kappa shape index (κ3) is 6.31. The number of aryl methyl sites for hydroxylation is 6. The fourth-order valence-corrected chi connectivity index (χ4v) is 4.79. The lowest BCUT2D eigenvalue weighted by Gasteiger charge is -2.27. The molecule has 200 valence electrons. The second kappa shape index (κ2) is 11.2. The lowest BCUT2D eigenvalue weighted by atomic mass is 9.77. The van der Waals surface area contributed by atoms with Crippen LogP contribution in [0.5, 0.6) is 23.0 Å². The quantitative estimate of drug-likeness (QED) is 0.224. The topological polar surface area (TPSA) is 80.9 Å². The summed E-state index contributed by atoms with van der Waals surface area (Å²) in [5, 5.41) is 38.8. The van der Waals surface area contributed by atoms with Gasteiger partial charge in [-0.2, -0.15) is 0 Å². The van der Waals surface area contributed by atoms with E-state index in [-0.39, 0.29) is 5.41 Å². The Morgan fingerprint density at radius 3 is 1.08 bits per heavy atom. The average molecular weight is 513 g/mol. The van der Waals surface area contributed by atoms with Crippen LogP contribution in [0, 0.1) is 41.5 Å². The van der Waals surface area contributed by atoms with Crippen molar-refractivity contribution in [1.82, 2.24) is 0 Å².